The zero-order valence-corrected chi connectivity index (χ0v) is 16.9. The summed E-state index contributed by atoms with van der Waals surface area (Å²) in [6, 6.07) is 2.32. The van der Waals surface area contributed by atoms with E-state index in [1.165, 1.54) is 0 Å². The number of urea groups is 1. The maximum atomic E-state index is 13.8. The minimum absolute atomic E-state index is 0.0462. The molecule has 10 heteroatoms. The minimum Gasteiger partial charge on any atom is -0.376 e. The van der Waals surface area contributed by atoms with Gasteiger partial charge >= 0.3 is 12.2 Å². The topological polar surface area (TPSA) is 59.1 Å². The number of carbonyl (C=O) groups excluding carboxylic acids is 2. The van der Waals surface area contributed by atoms with E-state index in [0.717, 1.165) is 18.6 Å². The number of amides is 2. The third kappa shape index (κ3) is 5.01. The molecular weight excluding hydrogens is 420 g/mol. The van der Waals surface area contributed by atoms with Gasteiger partial charge in [-0.15, -0.1) is 0 Å². The van der Waals surface area contributed by atoms with Crippen molar-refractivity contribution in [1.82, 2.24) is 9.80 Å². The van der Waals surface area contributed by atoms with Crippen molar-refractivity contribution in [3.05, 3.63) is 35.1 Å². The predicted molar refractivity (Wildman–Crippen MR) is 101 cm³/mol. The van der Waals surface area contributed by atoms with E-state index in [-0.39, 0.29) is 55.1 Å². The predicted octanol–water partition coefficient (Wildman–Crippen LogP) is 3.09. The van der Waals surface area contributed by atoms with Crippen LogP contribution in [0, 0.1) is 17.7 Å². The van der Waals surface area contributed by atoms with Crippen molar-refractivity contribution in [1.29, 1.82) is 0 Å². The largest absolute Gasteiger partial charge is 0.416 e. The van der Waals surface area contributed by atoms with Gasteiger partial charge < -0.3 is 19.3 Å². The van der Waals surface area contributed by atoms with Crippen LogP contribution in [-0.2, 0) is 27.1 Å². The van der Waals surface area contributed by atoms with E-state index in [1.54, 1.807) is 9.80 Å². The highest BCUT2D eigenvalue weighted by Crippen LogP contribution is 2.31. The number of carbonyl (C=O) groups is 2. The second-order valence-corrected chi connectivity index (χ2v) is 8.46. The van der Waals surface area contributed by atoms with Gasteiger partial charge in [-0.1, -0.05) is 6.07 Å². The number of likely N-dealkylation sites (tertiary alicyclic amines) is 2. The summed E-state index contributed by atoms with van der Waals surface area (Å²) in [5.74, 6) is -0.730. The molecule has 0 bridgehead atoms. The molecule has 0 unspecified atom stereocenters. The average Bonchev–Trinajstić information content (AvgIpc) is 2.68. The number of Topliss-reactive ketones (excluding diaryl/α,β-unsaturated/α-hetero) is 1. The van der Waals surface area contributed by atoms with Crippen LogP contribution in [0.3, 0.4) is 0 Å². The highest BCUT2D eigenvalue weighted by atomic mass is 19.4. The van der Waals surface area contributed by atoms with Crippen LogP contribution in [0.5, 0.6) is 0 Å². The third-order valence-corrected chi connectivity index (χ3v) is 6.10. The van der Waals surface area contributed by atoms with Crippen LogP contribution in [-0.4, -0.2) is 67.1 Å². The van der Waals surface area contributed by atoms with Gasteiger partial charge in [0.15, 0.2) is 5.78 Å². The Morgan fingerprint density at radius 1 is 1.19 bits per heavy atom. The number of rotatable bonds is 4. The number of hydrogen-bond acceptors (Lipinski definition) is 4. The number of ether oxygens (including phenoxy) is 2. The molecule has 3 saturated heterocycles. The first-order chi connectivity index (χ1) is 14.7. The first-order valence-electron chi connectivity index (χ1n) is 10.3. The molecule has 31 heavy (non-hydrogen) atoms. The second-order valence-electron chi connectivity index (χ2n) is 8.46. The number of benzene rings is 1. The fraction of sp³-hybridized carbons (Fsp3) is 0.619. The van der Waals surface area contributed by atoms with Gasteiger partial charge in [-0.3, -0.25) is 4.79 Å². The quantitative estimate of drug-likeness (QED) is 0.670. The number of alkyl halides is 3. The molecule has 0 saturated carbocycles. The summed E-state index contributed by atoms with van der Waals surface area (Å²) >= 11 is 0. The lowest BCUT2D eigenvalue weighted by Crippen LogP contribution is -2.59. The van der Waals surface area contributed by atoms with Gasteiger partial charge in [0.25, 0.3) is 0 Å². The molecule has 0 spiro atoms. The van der Waals surface area contributed by atoms with Crippen LogP contribution in [0.4, 0.5) is 22.4 Å². The summed E-state index contributed by atoms with van der Waals surface area (Å²) in [6.45, 7) is 2.45. The molecule has 3 heterocycles. The van der Waals surface area contributed by atoms with E-state index in [4.69, 9.17) is 9.47 Å². The Hall–Kier alpha value is -2.20. The molecule has 3 fully saturated rings. The lowest BCUT2D eigenvalue weighted by Gasteiger charge is -2.45. The maximum absolute atomic E-state index is 13.8. The Bertz CT molecular complexity index is 841. The molecule has 0 radical (unpaired) electrons. The van der Waals surface area contributed by atoms with E-state index in [1.807, 2.05) is 0 Å². The lowest BCUT2D eigenvalue weighted by molar-refractivity contribution is -0.140. The molecule has 2 amide bonds. The Kier molecular flexibility index (Phi) is 6.20. The molecule has 0 aromatic heterocycles. The maximum Gasteiger partial charge on any atom is 0.416 e. The van der Waals surface area contributed by atoms with Gasteiger partial charge in [0, 0.05) is 50.0 Å². The zero-order valence-electron chi connectivity index (χ0n) is 16.9. The number of nitrogens with zero attached hydrogens (tertiary/aromatic N) is 2. The average molecular weight is 444 g/mol. The molecule has 6 nitrogen and oxygen atoms in total. The van der Waals surface area contributed by atoms with Gasteiger partial charge in [0.1, 0.15) is 12.4 Å². The molecular formula is C21H24F4N2O4. The van der Waals surface area contributed by atoms with Gasteiger partial charge in [-0.2, -0.15) is 13.2 Å². The Balaban J connectivity index is 1.19. The first kappa shape index (κ1) is 22.0. The summed E-state index contributed by atoms with van der Waals surface area (Å²) in [6.07, 6.45) is -3.37. The van der Waals surface area contributed by atoms with Crippen molar-refractivity contribution >= 4 is 11.8 Å². The summed E-state index contributed by atoms with van der Waals surface area (Å²) in [5, 5.41) is 0. The molecule has 2 atom stereocenters. The third-order valence-electron chi connectivity index (χ3n) is 6.10. The summed E-state index contributed by atoms with van der Waals surface area (Å²) < 4.78 is 62.6. The van der Waals surface area contributed by atoms with Crippen molar-refractivity contribution in [2.75, 3.05) is 39.4 Å². The molecule has 4 rings (SSSR count). The Morgan fingerprint density at radius 3 is 2.68 bits per heavy atom. The van der Waals surface area contributed by atoms with Gasteiger partial charge in [0.05, 0.1) is 24.9 Å². The number of hydrogen-bond donors (Lipinski definition) is 0. The van der Waals surface area contributed by atoms with Crippen LogP contribution < -0.4 is 0 Å². The van der Waals surface area contributed by atoms with Crippen LogP contribution >= 0.6 is 0 Å². The number of halogens is 4. The normalized spacial score (nSPS) is 24.7. The van der Waals surface area contributed by atoms with Crippen molar-refractivity contribution < 1.29 is 36.6 Å². The molecule has 0 N–H and O–H groups in total. The SMILES string of the molecule is O=C1CO[C@H]2CCN(C(=O)N3CC(COCc4ccc(C(F)(F)F)cc4F)C3)C[C@H]2C1. The molecule has 3 aliphatic rings. The van der Waals surface area contributed by atoms with Crippen molar-refractivity contribution in [3.8, 4) is 0 Å². The number of fused-ring (bicyclic) bond motifs is 1. The van der Waals surface area contributed by atoms with Gasteiger partial charge in [-0.25, -0.2) is 9.18 Å². The van der Waals surface area contributed by atoms with E-state index >= 15 is 0 Å². The monoisotopic (exact) mass is 444 g/mol. The van der Waals surface area contributed by atoms with Crippen molar-refractivity contribution in [2.45, 2.75) is 31.7 Å². The van der Waals surface area contributed by atoms with Crippen LogP contribution in [0.15, 0.2) is 18.2 Å². The van der Waals surface area contributed by atoms with E-state index < -0.39 is 17.6 Å². The van der Waals surface area contributed by atoms with Gasteiger partial charge in [-0.05, 0) is 18.6 Å². The highest BCUT2D eigenvalue weighted by Gasteiger charge is 2.40. The standard InChI is InChI=1S/C21H24F4N2O4/c22-18-6-16(21(23,24)25)2-1-14(18)11-30-10-13-7-27(8-13)20(29)26-4-3-19-15(9-26)5-17(28)12-31-19/h1-2,6,13,15,19H,3-5,7-12H2/t15-,19+/m1/s1. The molecule has 1 aromatic rings. The number of piperidine rings is 1. The fourth-order valence-corrected chi connectivity index (χ4v) is 4.36. The van der Waals surface area contributed by atoms with E-state index in [9.17, 15) is 27.2 Å². The van der Waals surface area contributed by atoms with Crippen molar-refractivity contribution in [3.63, 3.8) is 0 Å². The van der Waals surface area contributed by atoms with Gasteiger partial charge in [0.2, 0.25) is 0 Å². The Morgan fingerprint density at radius 2 is 1.97 bits per heavy atom. The van der Waals surface area contributed by atoms with E-state index in [0.29, 0.717) is 38.7 Å². The second kappa shape index (κ2) is 8.74. The lowest BCUT2D eigenvalue weighted by atomic mass is 9.88. The molecule has 170 valence electrons. The Labute approximate surface area is 177 Å². The van der Waals surface area contributed by atoms with E-state index in [2.05, 4.69) is 0 Å². The van der Waals surface area contributed by atoms with Crippen LogP contribution in [0.1, 0.15) is 24.0 Å². The summed E-state index contributed by atoms with van der Waals surface area (Å²) in [7, 11) is 0. The number of ketones is 1. The fourth-order valence-electron chi connectivity index (χ4n) is 4.36. The summed E-state index contributed by atoms with van der Waals surface area (Å²) in [5.41, 5.74) is -0.970. The minimum atomic E-state index is -4.59. The van der Waals surface area contributed by atoms with Crippen molar-refractivity contribution in [2.24, 2.45) is 11.8 Å². The molecule has 1 aromatic carbocycles. The zero-order chi connectivity index (χ0) is 22.2. The molecule has 3 aliphatic heterocycles. The smallest absolute Gasteiger partial charge is 0.376 e. The van der Waals surface area contributed by atoms with Crippen LogP contribution in [0.25, 0.3) is 0 Å². The first-order valence-corrected chi connectivity index (χ1v) is 10.3. The van der Waals surface area contributed by atoms with Crippen LogP contribution in [0.2, 0.25) is 0 Å². The summed E-state index contributed by atoms with van der Waals surface area (Å²) in [4.78, 5) is 27.7. The molecule has 0 aliphatic carbocycles. The highest BCUT2D eigenvalue weighted by molar-refractivity contribution is 5.81.